The van der Waals surface area contributed by atoms with Crippen molar-refractivity contribution in [3.8, 4) is 11.1 Å². The number of piperazine rings is 1. The molecule has 1 aromatic heterocycles. The zero-order valence-electron chi connectivity index (χ0n) is 16.3. The summed E-state index contributed by atoms with van der Waals surface area (Å²) in [4.78, 5) is 4.54. The maximum atomic E-state index is 13.8. The van der Waals surface area contributed by atoms with Crippen molar-refractivity contribution < 1.29 is 8.42 Å². The Morgan fingerprint density at radius 1 is 1.10 bits per heavy atom. The lowest BCUT2D eigenvalue weighted by Crippen LogP contribution is -2.53. The van der Waals surface area contributed by atoms with Gasteiger partial charge in [0, 0.05) is 37.4 Å². The summed E-state index contributed by atoms with van der Waals surface area (Å²) in [6.07, 6.45) is 7.75. The maximum absolute atomic E-state index is 13.8. The van der Waals surface area contributed by atoms with E-state index in [9.17, 15) is 8.42 Å². The third kappa shape index (κ3) is 3.78. The van der Waals surface area contributed by atoms with Crippen LogP contribution < -0.4 is 5.32 Å². The predicted molar refractivity (Wildman–Crippen MR) is 117 cm³/mol. The molecule has 1 atom stereocenters. The number of halogens is 1. The highest BCUT2D eigenvalue weighted by atomic mass is 35.5. The Labute approximate surface area is 177 Å². The standard InChI is InChI=1S/C22H24ClN3O2S/c1-17-6-9-22(10-7-17,29(27,28)26-14-12-24-13-15-26)21-16-19(8-11-25-21)18-2-4-20(23)5-3-18/h2-9,11,16,24H,10,12-15H2,1H3. The van der Waals surface area contributed by atoms with Gasteiger partial charge in [0.2, 0.25) is 10.0 Å². The molecule has 0 bridgehead atoms. The zero-order chi connectivity index (χ0) is 20.5. The van der Waals surface area contributed by atoms with E-state index in [1.807, 2.05) is 61.5 Å². The molecule has 1 aliphatic carbocycles. The first kappa shape index (κ1) is 20.3. The van der Waals surface area contributed by atoms with Crippen LogP contribution in [0.2, 0.25) is 5.02 Å². The first-order valence-corrected chi connectivity index (χ1v) is 11.5. The SMILES string of the molecule is CC1=CCC(c2cc(-c3ccc(Cl)cc3)ccn2)(S(=O)(=O)N2CCNCC2)C=C1. The molecule has 0 radical (unpaired) electrons. The van der Waals surface area contributed by atoms with Gasteiger partial charge in [-0.05, 0) is 48.7 Å². The molecule has 1 unspecified atom stereocenters. The Kier molecular flexibility index (Phi) is 5.62. The van der Waals surface area contributed by atoms with Gasteiger partial charge in [-0.3, -0.25) is 4.98 Å². The second kappa shape index (κ2) is 8.03. The van der Waals surface area contributed by atoms with Crippen molar-refractivity contribution >= 4 is 21.6 Å². The highest BCUT2D eigenvalue weighted by Crippen LogP contribution is 2.41. The number of pyridine rings is 1. The Morgan fingerprint density at radius 2 is 1.83 bits per heavy atom. The average molecular weight is 430 g/mol. The molecule has 152 valence electrons. The van der Waals surface area contributed by atoms with Crippen molar-refractivity contribution in [2.45, 2.75) is 18.1 Å². The molecular formula is C22H24ClN3O2S. The third-order valence-electron chi connectivity index (χ3n) is 5.59. The minimum Gasteiger partial charge on any atom is -0.314 e. The number of aromatic nitrogens is 1. The van der Waals surface area contributed by atoms with Crippen molar-refractivity contribution in [3.05, 3.63) is 77.1 Å². The van der Waals surface area contributed by atoms with Crippen LogP contribution in [0.4, 0.5) is 0 Å². The van der Waals surface area contributed by atoms with E-state index < -0.39 is 14.8 Å². The minimum absolute atomic E-state index is 0.374. The Morgan fingerprint density at radius 3 is 2.48 bits per heavy atom. The lowest BCUT2D eigenvalue weighted by Gasteiger charge is -2.38. The normalized spacial score (nSPS) is 23.0. The van der Waals surface area contributed by atoms with Crippen LogP contribution in [0.5, 0.6) is 0 Å². The van der Waals surface area contributed by atoms with E-state index in [1.54, 1.807) is 10.5 Å². The maximum Gasteiger partial charge on any atom is 0.229 e. The van der Waals surface area contributed by atoms with E-state index in [4.69, 9.17) is 11.6 Å². The van der Waals surface area contributed by atoms with Gasteiger partial charge in [0.25, 0.3) is 0 Å². The summed E-state index contributed by atoms with van der Waals surface area (Å²) in [6, 6.07) is 11.3. The molecule has 1 aliphatic heterocycles. The second-order valence-electron chi connectivity index (χ2n) is 7.47. The topological polar surface area (TPSA) is 62.3 Å². The van der Waals surface area contributed by atoms with Crippen LogP contribution in [0.25, 0.3) is 11.1 Å². The highest BCUT2D eigenvalue weighted by molar-refractivity contribution is 7.90. The first-order chi connectivity index (χ1) is 13.9. The summed E-state index contributed by atoms with van der Waals surface area (Å²) < 4.78 is 28.0. The summed E-state index contributed by atoms with van der Waals surface area (Å²) in [5.74, 6) is 0. The van der Waals surface area contributed by atoms with E-state index in [1.165, 1.54) is 0 Å². The molecule has 0 saturated carbocycles. The lowest BCUT2D eigenvalue weighted by molar-refractivity contribution is 0.348. The fourth-order valence-electron chi connectivity index (χ4n) is 3.83. The summed E-state index contributed by atoms with van der Waals surface area (Å²) >= 11 is 6.02. The van der Waals surface area contributed by atoms with Gasteiger partial charge in [-0.15, -0.1) is 0 Å². The molecule has 5 nitrogen and oxygen atoms in total. The largest absolute Gasteiger partial charge is 0.314 e. The van der Waals surface area contributed by atoms with E-state index in [2.05, 4.69) is 10.3 Å². The Balaban J connectivity index is 1.82. The Hall–Kier alpha value is -1.99. The first-order valence-electron chi connectivity index (χ1n) is 9.71. The molecule has 7 heteroatoms. The fraction of sp³-hybridized carbons (Fsp3) is 0.318. The van der Waals surface area contributed by atoms with Crippen LogP contribution in [0.3, 0.4) is 0 Å². The van der Waals surface area contributed by atoms with Crippen molar-refractivity contribution in [1.82, 2.24) is 14.6 Å². The lowest BCUT2D eigenvalue weighted by atomic mass is 9.91. The molecule has 4 rings (SSSR count). The number of sulfonamides is 1. The zero-order valence-corrected chi connectivity index (χ0v) is 17.9. The molecule has 29 heavy (non-hydrogen) atoms. The summed E-state index contributed by atoms with van der Waals surface area (Å²) in [6.45, 7) is 4.24. The fourth-order valence-corrected chi connectivity index (χ4v) is 5.99. The van der Waals surface area contributed by atoms with E-state index in [-0.39, 0.29) is 0 Å². The van der Waals surface area contributed by atoms with E-state index in [0.29, 0.717) is 43.3 Å². The summed E-state index contributed by atoms with van der Waals surface area (Å²) in [5.41, 5.74) is 3.49. The molecule has 1 aromatic carbocycles. The molecule has 1 saturated heterocycles. The van der Waals surface area contributed by atoms with Gasteiger partial charge in [0.15, 0.2) is 0 Å². The van der Waals surface area contributed by atoms with Crippen LogP contribution in [0.1, 0.15) is 19.0 Å². The second-order valence-corrected chi connectivity index (χ2v) is 10.1. The van der Waals surface area contributed by atoms with Crippen molar-refractivity contribution in [2.75, 3.05) is 26.2 Å². The predicted octanol–water partition coefficient (Wildman–Crippen LogP) is 3.74. The molecule has 0 amide bonds. The molecule has 1 fully saturated rings. The van der Waals surface area contributed by atoms with E-state index >= 15 is 0 Å². The summed E-state index contributed by atoms with van der Waals surface area (Å²) in [7, 11) is -3.65. The number of benzene rings is 1. The van der Waals surface area contributed by atoms with Gasteiger partial charge in [-0.25, -0.2) is 8.42 Å². The number of hydrogen-bond donors (Lipinski definition) is 1. The van der Waals surface area contributed by atoms with Crippen molar-refractivity contribution in [1.29, 1.82) is 0 Å². The third-order valence-corrected chi connectivity index (χ3v) is 8.32. The van der Waals surface area contributed by atoms with Crippen LogP contribution in [-0.4, -0.2) is 43.9 Å². The van der Waals surface area contributed by atoms with Gasteiger partial charge >= 0.3 is 0 Å². The molecule has 2 aliphatic rings. The van der Waals surface area contributed by atoms with Crippen LogP contribution in [-0.2, 0) is 14.8 Å². The van der Waals surface area contributed by atoms with Crippen LogP contribution in [0.15, 0.2) is 66.4 Å². The smallest absolute Gasteiger partial charge is 0.229 e. The Bertz CT molecular complexity index is 1060. The molecule has 2 aromatic rings. The molecule has 2 heterocycles. The molecule has 1 N–H and O–H groups in total. The quantitative estimate of drug-likeness (QED) is 0.804. The number of rotatable bonds is 4. The van der Waals surface area contributed by atoms with Gasteiger partial charge in [-0.1, -0.05) is 47.5 Å². The van der Waals surface area contributed by atoms with Crippen LogP contribution >= 0.6 is 11.6 Å². The molecular weight excluding hydrogens is 406 g/mol. The summed E-state index contributed by atoms with van der Waals surface area (Å²) in [5, 5.41) is 3.89. The number of hydrogen-bond acceptors (Lipinski definition) is 4. The van der Waals surface area contributed by atoms with Gasteiger partial charge in [0.1, 0.15) is 4.75 Å². The van der Waals surface area contributed by atoms with E-state index in [0.717, 1.165) is 16.7 Å². The van der Waals surface area contributed by atoms with Gasteiger partial charge < -0.3 is 5.32 Å². The molecule has 0 spiro atoms. The monoisotopic (exact) mass is 429 g/mol. The minimum atomic E-state index is -3.65. The number of nitrogens with one attached hydrogen (secondary N) is 1. The van der Waals surface area contributed by atoms with Gasteiger partial charge in [0.05, 0.1) is 5.69 Å². The van der Waals surface area contributed by atoms with Crippen molar-refractivity contribution in [2.24, 2.45) is 0 Å². The highest BCUT2D eigenvalue weighted by Gasteiger charge is 2.48. The van der Waals surface area contributed by atoms with Gasteiger partial charge in [-0.2, -0.15) is 4.31 Å². The number of allylic oxidation sites excluding steroid dienone is 3. The van der Waals surface area contributed by atoms with Crippen LogP contribution in [0, 0.1) is 0 Å². The average Bonchev–Trinajstić information content (AvgIpc) is 2.75. The number of nitrogens with zero attached hydrogens (tertiary/aromatic N) is 2. The van der Waals surface area contributed by atoms with Crippen molar-refractivity contribution in [3.63, 3.8) is 0 Å².